The van der Waals surface area contributed by atoms with Gasteiger partial charge in [0, 0.05) is 31.6 Å². The van der Waals surface area contributed by atoms with Crippen molar-refractivity contribution < 1.29 is 0 Å². The van der Waals surface area contributed by atoms with Gasteiger partial charge in [0.1, 0.15) is 5.82 Å². The van der Waals surface area contributed by atoms with Gasteiger partial charge in [-0.05, 0) is 5.75 Å². The molecule has 1 aromatic heterocycles. The average Bonchev–Trinajstić information content (AvgIpc) is 2.45. The molecule has 0 amide bonds. The summed E-state index contributed by atoms with van der Waals surface area (Å²) in [5.41, 5.74) is 0. The number of nitrogens with zero attached hydrogens (tertiary/aromatic N) is 2. The molecule has 1 N–H and O–H groups in total. The van der Waals surface area contributed by atoms with Crippen LogP contribution < -0.4 is 5.32 Å². The SMILES string of the molecule is CCSCCNc1ccn(C)n1. The summed E-state index contributed by atoms with van der Waals surface area (Å²) in [6.07, 6.45) is 1.94. The van der Waals surface area contributed by atoms with Crippen molar-refractivity contribution in [3.05, 3.63) is 12.3 Å². The molecule has 1 heterocycles. The number of aromatic nitrogens is 2. The Labute approximate surface area is 77.5 Å². The highest BCUT2D eigenvalue weighted by Gasteiger charge is 1.93. The van der Waals surface area contributed by atoms with Crippen molar-refractivity contribution in [1.29, 1.82) is 0 Å². The van der Waals surface area contributed by atoms with Gasteiger partial charge in [-0.25, -0.2) is 0 Å². The predicted octanol–water partition coefficient (Wildman–Crippen LogP) is 1.59. The summed E-state index contributed by atoms with van der Waals surface area (Å²) < 4.78 is 1.80. The van der Waals surface area contributed by atoms with Gasteiger partial charge in [-0.2, -0.15) is 16.9 Å². The van der Waals surface area contributed by atoms with Crippen LogP contribution in [0, 0.1) is 0 Å². The topological polar surface area (TPSA) is 29.9 Å². The first-order valence-corrected chi connectivity index (χ1v) is 5.29. The third kappa shape index (κ3) is 3.17. The number of thioether (sulfide) groups is 1. The van der Waals surface area contributed by atoms with Gasteiger partial charge in [0.25, 0.3) is 0 Å². The minimum absolute atomic E-state index is 0.967. The van der Waals surface area contributed by atoms with Crippen molar-refractivity contribution in [2.45, 2.75) is 6.92 Å². The highest BCUT2D eigenvalue weighted by molar-refractivity contribution is 7.99. The van der Waals surface area contributed by atoms with E-state index < -0.39 is 0 Å². The Hall–Kier alpha value is -0.640. The van der Waals surface area contributed by atoms with Crippen LogP contribution in [-0.4, -0.2) is 27.8 Å². The Bertz CT molecular complexity index is 222. The molecule has 1 rings (SSSR count). The monoisotopic (exact) mass is 185 g/mol. The molecule has 0 radical (unpaired) electrons. The van der Waals surface area contributed by atoms with E-state index in [-0.39, 0.29) is 0 Å². The molecule has 68 valence electrons. The highest BCUT2D eigenvalue weighted by Crippen LogP contribution is 2.02. The molecule has 0 fully saturated rings. The minimum atomic E-state index is 0.967. The number of nitrogens with one attached hydrogen (secondary N) is 1. The zero-order valence-electron chi connectivity index (χ0n) is 7.58. The second-order valence-corrected chi connectivity index (χ2v) is 3.89. The number of hydrogen-bond acceptors (Lipinski definition) is 3. The van der Waals surface area contributed by atoms with Crippen LogP contribution in [0.5, 0.6) is 0 Å². The van der Waals surface area contributed by atoms with Crippen LogP contribution in [0.4, 0.5) is 5.82 Å². The normalized spacial score (nSPS) is 10.2. The van der Waals surface area contributed by atoms with Gasteiger partial charge in [-0.15, -0.1) is 0 Å². The number of rotatable bonds is 5. The van der Waals surface area contributed by atoms with E-state index in [1.165, 1.54) is 5.75 Å². The summed E-state index contributed by atoms with van der Waals surface area (Å²) in [6, 6.07) is 1.98. The summed E-state index contributed by atoms with van der Waals surface area (Å²) >= 11 is 1.94. The number of hydrogen-bond donors (Lipinski definition) is 1. The first kappa shape index (κ1) is 9.45. The van der Waals surface area contributed by atoms with Crippen LogP contribution >= 0.6 is 11.8 Å². The summed E-state index contributed by atoms with van der Waals surface area (Å²) in [5.74, 6) is 3.30. The molecular weight excluding hydrogens is 170 g/mol. The quantitative estimate of drug-likeness (QED) is 0.706. The molecular formula is C8H15N3S. The zero-order chi connectivity index (χ0) is 8.81. The molecule has 0 atom stereocenters. The summed E-state index contributed by atoms with van der Waals surface area (Å²) in [6.45, 7) is 3.17. The third-order valence-corrected chi connectivity index (χ3v) is 2.37. The maximum absolute atomic E-state index is 4.20. The summed E-state index contributed by atoms with van der Waals surface area (Å²) in [7, 11) is 1.92. The Balaban J connectivity index is 2.15. The van der Waals surface area contributed by atoms with Crippen molar-refractivity contribution >= 4 is 17.6 Å². The van der Waals surface area contributed by atoms with Crippen molar-refractivity contribution in [1.82, 2.24) is 9.78 Å². The van der Waals surface area contributed by atoms with E-state index in [4.69, 9.17) is 0 Å². The lowest BCUT2D eigenvalue weighted by Gasteiger charge is -2.00. The highest BCUT2D eigenvalue weighted by atomic mass is 32.2. The van der Waals surface area contributed by atoms with Crippen molar-refractivity contribution in [3.8, 4) is 0 Å². The third-order valence-electron chi connectivity index (χ3n) is 1.47. The van der Waals surface area contributed by atoms with E-state index in [0.717, 1.165) is 18.1 Å². The smallest absolute Gasteiger partial charge is 0.147 e. The van der Waals surface area contributed by atoms with Gasteiger partial charge in [0.15, 0.2) is 0 Å². The van der Waals surface area contributed by atoms with Crippen molar-refractivity contribution in [2.75, 3.05) is 23.4 Å². The molecule has 12 heavy (non-hydrogen) atoms. The van der Waals surface area contributed by atoms with E-state index in [2.05, 4.69) is 17.3 Å². The van der Waals surface area contributed by atoms with Gasteiger partial charge in [-0.1, -0.05) is 6.92 Å². The Morgan fingerprint density at radius 2 is 2.50 bits per heavy atom. The molecule has 0 saturated heterocycles. The molecule has 0 spiro atoms. The molecule has 0 aliphatic heterocycles. The van der Waals surface area contributed by atoms with Gasteiger partial charge in [-0.3, -0.25) is 4.68 Å². The number of aryl methyl sites for hydroxylation is 1. The fourth-order valence-electron chi connectivity index (χ4n) is 0.905. The Morgan fingerprint density at radius 3 is 3.08 bits per heavy atom. The lowest BCUT2D eigenvalue weighted by Crippen LogP contribution is -2.05. The summed E-state index contributed by atoms with van der Waals surface area (Å²) in [5, 5.41) is 7.45. The van der Waals surface area contributed by atoms with Crippen LogP contribution in [0.25, 0.3) is 0 Å². The average molecular weight is 185 g/mol. The molecule has 4 heteroatoms. The van der Waals surface area contributed by atoms with E-state index >= 15 is 0 Å². The molecule has 0 aliphatic rings. The first-order chi connectivity index (χ1) is 5.83. The van der Waals surface area contributed by atoms with E-state index in [1.807, 2.05) is 31.1 Å². The van der Waals surface area contributed by atoms with Crippen LogP contribution in [0.2, 0.25) is 0 Å². The number of anilines is 1. The van der Waals surface area contributed by atoms with Crippen LogP contribution in [0.15, 0.2) is 12.3 Å². The first-order valence-electron chi connectivity index (χ1n) is 4.14. The van der Waals surface area contributed by atoms with Gasteiger partial charge < -0.3 is 5.32 Å². The molecule has 0 bridgehead atoms. The molecule has 3 nitrogen and oxygen atoms in total. The van der Waals surface area contributed by atoms with E-state index in [1.54, 1.807) is 4.68 Å². The second-order valence-electron chi connectivity index (χ2n) is 2.50. The maximum Gasteiger partial charge on any atom is 0.147 e. The summed E-state index contributed by atoms with van der Waals surface area (Å²) in [4.78, 5) is 0. The lowest BCUT2D eigenvalue weighted by molar-refractivity contribution is 0.769. The minimum Gasteiger partial charge on any atom is -0.368 e. The van der Waals surface area contributed by atoms with Crippen molar-refractivity contribution in [3.63, 3.8) is 0 Å². The van der Waals surface area contributed by atoms with Gasteiger partial charge in [0.2, 0.25) is 0 Å². The maximum atomic E-state index is 4.20. The second kappa shape index (κ2) is 5.09. The van der Waals surface area contributed by atoms with Crippen LogP contribution in [0.3, 0.4) is 0 Å². The van der Waals surface area contributed by atoms with Gasteiger partial charge >= 0.3 is 0 Å². The fraction of sp³-hybridized carbons (Fsp3) is 0.625. The molecule has 1 aromatic rings. The standard InChI is InChI=1S/C8H15N3S/c1-3-12-7-5-9-8-4-6-11(2)10-8/h4,6H,3,5,7H2,1-2H3,(H,9,10). The van der Waals surface area contributed by atoms with Gasteiger partial charge in [0.05, 0.1) is 0 Å². The predicted molar refractivity (Wildman–Crippen MR) is 54.7 cm³/mol. The van der Waals surface area contributed by atoms with Crippen LogP contribution in [-0.2, 0) is 7.05 Å². The molecule has 0 saturated carbocycles. The van der Waals surface area contributed by atoms with E-state index in [0.29, 0.717) is 0 Å². The molecule has 0 aliphatic carbocycles. The Kier molecular flexibility index (Phi) is 4.00. The largest absolute Gasteiger partial charge is 0.368 e. The molecule has 0 aromatic carbocycles. The van der Waals surface area contributed by atoms with Crippen LogP contribution in [0.1, 0.15) is 6.92 Å². The lowest BCUT2D eigenvalue weighted by atomic mass is 10.6. The molecule has 0 unspecified atom stereocenters. The van der Waals surface area contributed by atoms with Crippen molar-refractivity contribution in [2.24, 2.45) is 7.05 Å². The Morgan fingerprint density at radius 1 is 1.67 bits per heavy atom. The van der Waals surface area contributed by atoms with E-state index in [9.17, 15) is 0 Å². The zero-order valence-corrected chi connectivity index (χ0v) is 8.40. The fourth-order valence-corrected chi connectivity index (χ4v) is 1.44.